The smallest absolute Gasteiger partial charge is 0.0897 e. The first-order valence-corrected chi connectivity index (χ1v) is 6.61. The van der Waals surface area contributed by atoms with Gasteiger partial charge in [-0.3, -0.25) is 0 Å². The van der Waals surface area contributed by atoms with Crippen molar-refractivity contribution in [2.75, 3.05) is 13.1 Å². The molecule has 0 aliphatic rings. The summed E-state index contributed by atoms with van der Waals surface area (Å²) in [7, 11) is 0. The fourth-order valence-corrected chi connectivity index (χ4v) is 2.18. The quantitative estimate of drug-likeness (QED) is 0.802. The third kappa shape index (κ3) is 5.05. The highest BCUT2D eigenvalue weighted by atomic mass is 32.1. The molecule has 0 saturated heterocycles. The molecule has 4 heteroatoms. The standard InChI is InChI=1S/C12H22N2OS/c1-9(2)6-13-8-12(4,15)5-11-7-16-10(3)14-11/h7,9,13,15H,5-6,8H2,1-4H3. The molecule has 0 amide bonds. The Labute approximate surface area is 102 Å². The molecule has 1 atom stereocenters. The van der Waals surface area contributed by atoms with Crippen LogP contribution >= 0.6 is 11.3 Å². The van der Waals surface area contributed by atoms with Crippen LogP contribution in [0.1, 0.15) is 31.5 Å². The van der Waals surface area contributed by atoms with Crippen molar-refractivity contribution in [3.8, 4) is 0 Å². The van der Waals surface area contributed by atoms with E-state index in [0.29, 0.717) is 18.9 Å². The second kappa shape index (κ2) is 5.75. The summed E-state index contributed by atoms with van der Waals surface area (Å²) < 4.78 is 0. The second-order valence-electron chi connectivity index (χ2n) is 5.06. The van der Waals surface area contributed by atoms with Crippen LogP contribution in [0.15, 0.2) is 5.38 Å². The van der Waals surface area contributed by atoms with Gasteiger partial charge in [-0.05, 0) is 26.3 Å². The molecule has 1 rings (SSSR count). The maximum Gasteiger partial charge on any atom is 0.0897 e. The predicted molar refractivity (Wildman–Crippen MR) is 68.9 cm³/mol. The Kier molecular flexibility index (Phi) is 4.89. The van der Waals surface area contributed by atoms with Crippen LogP contribution in [0.4, 0.5) is 0 Å². The fourth-order valence-electron chi connectivity index (χ4n) is 1.57. The molecule has 3 nitrogen and oxygen atoms in total. The third-order valence-corrected chi connectivity index (χ3v) is 3.11. The Hall–Kier alpha value is -0.450. The summed E-state index contributed by atoms with van der Waals surface area (Å²) in [6, 6.07) is 0. The van der Waals surface area contributed by atoms with Crippen molar-refractivity contribution in [1.29, 1.82) is 0 Å². The van der Waals surface area contributed by atoms with Gasteiger partial charge in [-0.1, -0.05) is 13.8 Å². The van der Waals surface area contributed by atoms with Crippen LogP contribution in [0.25, 0.3) is 0 Å². The fraction of sp³-hybridized carbons (Fsp3) is 0.750. The molecule has 1 unspecified atom stereocenters. The number of nitrogens with zero attached hydrogens (tertiary/aromatic N) is 1. The van der Waals surface area contributed by atoms with Gasteiger partial charge < -0.3 is 10.4 Å². The van der Waals surface area contributed by atoms with Gasteiger partial charge in [0, 0.05) is 18.3 Å². The zero-order chi connectivity index (χ0) is 12.2. The Balaban J connectivity index is 2.39. The lowest BCUT2D eigenvalue weighted by atomic mass is 10.0. The molecule has 0 aliphatic heterocycles. The number of thiazole rings is 1. The number of hydrogen-bond donors (Lipinski definition) is 2. The summed E-state index contributed by atoms with van der Waals surface area (Å²) in [5, 5.41) is 16.5. The van der Waals surface area contributed by atoms with Crippen LogP contribution < -0.4 is 5.32 Å². The molecule has 92 valence electrons. The Morgan fingerprint density at radius 2 is 2.25 bits per heavy atom. The molecule has 0 bridgehead atoms. The second-order valence-corrected chi connectivity index (χ2v) is 6.12. The van der Waals surface area contributed by atoms with Crippen LogP contribution in [0.3, 0.4) is 0 Å². The first kappa shape index (κ1) is 13.6. The maximum absolute atomic E-state index is 10.2. The van der Waals surface area contributed by atoms with Crippen molar-refractivity contribution in [1.82, 2.24) is 10.3 Å². The highest BCUT2D eigenvalue weighted by molar-refractivity contribution is 7.09. The van der Waals surface area contributed by atoms with Gasteiger partial charge >= 0.3 is 0 Å². The zero-order valence-electron chi connectivity index (χ0n) is 10.6. The molecular formula is C12H22N2OS. The van der Waals surface area contributed by atoms with Gasteiger partial charge in [0.05, 0.1) is 16.3 Å². The molecule has 0 aromatic carbocycles. The normalized spacial score (nSPS) is 15.4. The summed E-state index contributed by atoms with van der Waals surface area (Å²) in [5.41, 5.74) is 0.272. The molecule has 1 aromatic rings. The van der Waals surface area contributed by atoms with Crippen molar-refractivity contribution >= 4 is 11.3 Å². The van der Waals surface area contributed by atoms with E-state index in [2.05, 4.69) is 24.1 Å². The first-order valence-electron chi connectivity index (χ1n) is 5.73. The van der Waals surface area contributed by atoms with Gasteiger partial charge in [0.2, 0.25) is 0 Å². The van der Waals surface area contributed by atoms with Gasteiger partial charge in [0.25, 0.3) is 0 Å². The predicted octanol–water partition coefficient (Wildman–Crippen LogP) is 1.99. The number of aryl methyl sites for hydroxylation is 1. The van der Waals surface area contributed by atoms with Gasteiger partial charge in [0.15, 0.2) is 0 Å². The van der Waals surface area contributed by atoms with E-state index in [1.165, 1.54) is 0 Å². The van der Waals surface area contributed by atoms with E-state index < -0.39 is 5.60 Å². The topological polar surface area (TPSA) is 45.2 Å². The Morgan fingerprint density at radius 1 is 1.56 bits per heavy atom. The third-order valence-electron chi connectivity index (χ3n) is 2.29. The largest absolute Gasteiger partial charge is 0.388 e. The average Bonchev–Trinajstić information content (AvgIpc) is 2.48. The molecule has 0 fully saturated rings. The van der Waals surface area contributed by atoms with Crippen LogP contribution in [0.2, 0.25) is 0 Å². The van der Waals surface area contributed by atoms with Gasteiger partial charge in [-0.2, -0.15) is 0 Å². The minimum absolute atomic E-state index is 0.609. The van der Waals surface area contributed by atoms with Gasteiger partial charge in [-0.25, -0.2) is 4.98 Å². The molecule has 0 saturated carbocycles. The van der Waals surface area contributed by atoms with Crippen molar-refractivity contribution < 1.29 is 5.11 Å². The summed E-state index contributed by atoms with van der Waals surface area (Å²) >= 11 is 1.63. The number of nitrogens with one attached hydrogen (secondary N) is 1. The Morgan fingerprint density at radius 3 is 2.75 bits per heavy atom. The molecule has 2 N–H and O–H groups in total. The number of hydrogen-bond acceptors (Lipinski definition) is 4. The molecule has 0 radical (unpaired) electrons. The lowest BCUT2D eigenvalue weighted by molar-refractivity contribution is 0.0587. The van der Waals surface area contributed by atoms with Crippen molar-refractivity contribution in [3.63, 3.8) is 0 Å². The lowest BCUT2D eigenvalue weighted by Gasteiger charge is -2.23. The average molecular weight is 242 g/mol. The van der Waals surface area contributed by atoms with Crippen LogP contribution in [0.5, 0.6) is 0 Å². The maximum atomic E-state index is 10.2. The SMILES string of the molecule is Cc1nc(CC(C)(O)CNCC(C)C)cs1. The van der Waals surface area contributed by atoms with E-state index in [1.54, 1.807) is 11.3 Å². The number of rotatable bonds is 6. The minimum Gasteiger partial charge on any atom is -0.388 e. The van der Waals surface area contributed by atoms with Gasteiger partial charge in [-0.15, -0.1) is 11.3 Å². The van der Waals surface area contributed by atoms with Crippen LogP contribution in [-0.2, 0) is 6.42 Å². The van der Waals surface area contributed by atoms with Crippen molar-refractivity contribution in [2.45, 2.75) is 39.7 Å². The summed E-state index contributed by atoms with van der Waals surface area (Å²) in [6.45, 7) is 9.71. The number of aromatic nitrogens is 1. The lowest BCUT2D eigenvalue weighted by Crippen LogP contribution is -2.41. The van der Waals surface area contributed by atoms with Gasteiger partial charge in [0.1, 0.15) is 0 Å². The minimum atomic E-state index is -0.713. The van der Waals surface area contributed by atoms with Crippen molar-refractivity contribution in [2.24, 2.45) is 5.92 Å². The van der Waals surface area contributed by atoms with E-state index >= 15 is 0 Å². The highest BCUT2D eigenvalue weighted by Gasteiger charge is 2.21. The monoisotopic (exact) mass is 242 g/mol. The van der Waals surface area contributed by atoms with Crippen LogP contribution in [-0.4, -0.2) is 28.8 Å². The first-order chi connectivity index (χ1) is 7.39. The van der Waals surface area contributed by atoms with Crippen molar-refractivity contribution in [3.05, 3.63) is 16.1 Å². The molecule has 0 aliphatic carbocycles. The molecular weight excluding hydrogens is 220 g/mol. The van der Waals surface area contributed by atoms with E-state index in [9.17, 15) is 5.11 Å². The van der Waals surface area contributed by atoms with E-state index in [-0.39, 0.29) is 0 Å². The Bertz CT molecular complexity index is 321. The van der Waals surface area contributed by atoms with E-state index in [4.69, 9.17) is 0 Å². The van der Waals surface area contributed by atoms with Crippen LogP contribution in [0, 0.1) is 12.8 Å². The summed E-state index contributed by atoms with van der Waals surface area (Å²) in [6.07, 6.45) is 0.614. The molecule has 16 heavy (non-hydrogen) atoms. The molecule has 0 spiro atoms. The zero-order valence-corrected chi connectivity index (χ0v) is 11.4. The molecule has 1 heterocycles. The number of aliphatic hydroxyl groups is 1. The van der Waals surface area contributed by atoms with E-state index in [1.807, 2.05) is 19.2 Å². The highest BCUT2D eigenvalue weighted by Crippen LogP contribution is 2.15. The summed E-state index contributed by atoms with van der Waals surface area (Å²) in [4.78, 5) is 4.37. The summed E-state index contributed by atoms with van der Waals surface area (Å²) in [5.74, 6) is 0.609. The van der Waals surface area contributed by atoms with E-state index in [0.717, 1.165) is 17.2 Å². The molecule has 1 aromatic heterocycles.